The zero-order valence-corrected chi connectivity index (χ0v) is 19.4. The zero-order valence-electron chi connectivity index (χ0n) is 18.6. The first-order valence-corrected chi connectivity index (χ1v) is 11.2. The van der Waals surface area contributed by atoms with Gasteiger partial charge in [0, 0.05) is 28.4 Å². The number of ether oxygens (including phenoxy) is 2. The number of carbonyl (C=O) groups is 2. The van der Waals surface area contributed by atoms with Gasteiger partial charge in [0.25, 0.3) is 11.8 Å². The highest BCUT2D eigenvalue weighted by molar-refractivity contribution is 7.13. The van der Waals surface area contributed by atoms with Gasteiger partial charge in [0.1, 0.15) is 10.8 Å². The Labute approximate surface area is 200 Å². The van der Waals surface area contributed by atoms with Crippen LogP contribution in [0, 0.1) is 0 Å². The van der Waals surface area contributed by atoms with Crippen molar-refractivity contribution in [2.75, 3.05) is 12.4 Å². The molecular weight excluding hydrogens is 452 g/mol. The highest BCUT2D eigenvalue weighted by Gasteiger charge is 2.21. The average Bonchev–Trinajstić information content (AvgIpc) is 3.27. The van der Waals surface area contributed by atoms with Crippen LogP contribution in [0.15, 0.2) is 72.2 Å². The largest absolute Gasteiger partial charge is 0.481 e. The molecule has 0 atom stereocenters. The fraction of sp³-hybridized carbons (Fsp3) is 0.120. The quantitative estimate of drug-likeness (QED) is 0.370. The molecule has 9 heteroatoms. The van der Waals surface area contributed by atoms with Gasteiger partial charge in [-0.15, -0.1) is 11.3 Å². The number of amides is 2. The molecule has 1 aliphatic heterocycles. The minimum absolute atomic E-state index is 0.280. The first-order valence-electron chi connectivity index (χ1n) is 10.4. The fourth-order valence-corrected chi connectivity index (χ4v) is 4.04. The summed E-state index contributed by atoms with van der Waals surface area (Å²) in [7, 11) is 1.50. The number of hydrogen-bond acceptors (Lipinski definition) is 7. The van der Waals surface area contributed by atoms with Gasteiger partial charge >= 0.3 is 0 Å². The minimum atomic E-state index is -0.290. The predicted molar refractivity (Wildman–Crippen MR) is 132 cm³/mol. The molecule has 8 nitrogen and oxygen atoms in total. The SMILES string of the molecule is C=C(/N=C\C(=C/C)c1ncc(CNC(=O)c2ccc3c(c2)NC(=O)c2ccccc2O3)s1)OC. The van der Waals surface area contributed by atoms with Crippen LogP contribution in [0.4, 0.5) is 5.69 Å². The molecule has 2 aromatic carbocycles. The summed E-state index contributed by atoms with van der Waals surface area (Å²) >= 11 is 1.45. The molecule has 1 aromatic heterocycles. The number of carbonyl (C=O) groups excluding carboxylic acids is 2. The van der Waals surface area contributed by atoms with E-state index >= 15 is 0 Å². The van der Waals surface area contributed by atoms with Gasteiger partial charge in [0.2, 0.25) is 5.88 Å². The summed E-state index contributed by atoms with van der Waals surface area (Å²) in [6.07, 6.45) is 5.24. The monoisotopic (exact) mass is 474 g/mol. The topological polar surface area (TPSA) is 102 Å². The van der Waals surface area contributed by atoms with Crippen molar-refractivity contribution in [3.8, 4) is 11.5 Å². The number of aliphatic imine (C=N–C) groups is 1. The number of anilines is 1. The molecular formula is C25H22N4O4S. The number of nitrogens with zero attached hydrogens (tertiary/aromatic N) is 2. The average molecular weight is 475 g/mol. The zero-order chi connectivity index (χ0) is 24.1. The molecule has 2 heterocycles. The maximum absolute atomic E-state index is 12.8. The van der Waals surface area contributed by atoms with Crippen LogP contribution in [-0.2, 0) is 11.3 Å². The molecule has 0 aliphatic carbocycles. The fourth-order valence-electron chi connectivity index (χ4n) is 3.15. The number of aromatic nitrogens is 1. The van der Waals surface area contributed by atoms with Gasteiger partial charge < -0.3 is 20.1 Å². The highest BCUT2D eigenvalue weighted by Crippen LogP contribution is 2.36. The van der Waals surface area contributed by atoms with Crippen LogP contribution in [0.1, 0.15) is 37.5 Å². The Hall–Kier alpha value is -4.24. The van der Waals surface area contributed by atoms with Crippen molar-refractivity contribution < 1.29 is 19.1 Å². The van der Waals surface area contributed by atoms with E-state index in [4.69, 9.17) is 9.47 Å². The second kappa shape index (κ2) is 10.1. The third-order valence-electron chi connectivity index (χ3n) is 4.96. The lowest BCUT2D eigenvalue weighted by atomic mass is 10.1. The van der Waals surface area contributed by atoms with Gasteiger partial charge in [-0.25, -0.2) is 9.98 Å². The summed E-state index contributed by atoms with van der Waals surface area (Å²) in [6.45, 7) is 5.85. The minimum Gasteiger partial charge on any atom is -0.481 e. The van der Waals surface area contributed by atoms with E-state index in [1.54, 1.807) is 54.9 Å². The Bertz CT molecular complexity index is 1330. The van der Waals surface area contributed by atoms with Crippen molar-refractivity contribution in [1.82, 2.24) is 10.3 Å². The first-order chi connectivity index (χ1) is 16.5. The van der Waals surface area contributed by atoms with Crippen molar-refractivity contribution in [3.05, 3.63) is 88.2 Å². The van der Waals surface area contributed by atoms with Crippen LogP contribution in [0.5, 0.6) is 11.5 Å². The molecule has 4 rings (SSSR count). The standard InChI is InChI=1S/C25H22N4O4S/c1-4-16(12-26-15(2)32-3)25-28-14-18(34-25)13-27-23(30)17-9-10-22-20(11-17)29-24(31)19-7-5-6-8-21(19)33-22/h4-12,14H,2,13H2,1,3H3,(H,27,30)(H,29,31)/b16-4+,26-12-. The summed E-state index contributed by atoms with van der Waals surface area (Å²) in [4.78, 5) is 34.7. The lowest BCUT2D eigenvalue weighted by Gasteiger charge is -2.10. The van der Waals surface area contributed by atoms with E-state index in [-0.39, 0.29) is 11.8 Å². The number of para-hydroxylation sites is 1. The van der Waals surface area contributed by atoms with Gasteiger partial charge in [-0.2, -0.15) is 0 Å². The van der Waals surface area contributed by atoms with Crippen LogP contribution < -0.4 is 15.4 Å². The first kappa shape index (κ1) is 22.9. The number of methoxy groups -OCH3 is 1. The van der Waals surface area contributed by atoms with Gasteiger partial charge in [-0.3, -0.25) is 9.59 Å². The Morgan fingerprint density at radius 2 is 2.12 bits per heavy atom. The Balaban J connectivity index is 1.43. The molecule has 0 saturated heterocycles. The van der Waals surface area contributed by atoms with Crippen molar-refractivity contribution in [2.24, 2.45) is 4.99 Å². The molecule has 0 unspecified atom stereocenters. The number of allylic oxidation sites excluding steroid dienone is 2. The Kier molecular flexibility index (Phi) is 6.84. The summed E-state index contributed by atoms with van der Waals surface area (Å²) in [5, 5.41) is 6.46. The van der Waals surface area contributed by atoms with E-state index in [2.05, 4.69) is 27.2 Å². The summed E-state index contributed by atoms with van der Waals surface area (Å²) in [6, 6.07) is 11.9. The van der Waals surface area contributed by atoms with Crippen molar-refractivity contribution in [2.45, 2.75) is 13.5 Å². The van der Waals surface area contributed by atoms with Crippen LogP contribution in [0.2, 0.25) is 0 Å². The van der Waals surface area contributed by atoms with Crippen LogP contribution in [-0.4, -0.2) is 30.1 Å². The molecule has 34 heavy (non-hydrogen) atoms. The predicted octanol–water partition coefficient (Wildman–Crippen LogP) is 5.02. The second-order valence-electron chi connectivity index (χ2n) is 7.18. The van der Waals surface area contributed by atoms with Crippen LogP contribution in [0.3, 0.4) is 0 Å². The Morgan fingerprint density at radius 3 is 2.91 bits per heavy atom. The van der Waals surface area contributed by atoms with Gasteiger partial charge in [0.15, 0.2) is 5.75 Å². The molecule has 0 saturated carbocycles. The Morgan fingerprint density at radius 1 is 1.29 bits per heavy atom. The number of thiazole rings is 1. The normalized spacial score (nSPS) is 12.8. The molecule has 2 amide bonds. The van der Waals surface area contributed by atoms with Gasteiger partial charge in [-0.05, 0) is 43.8 Å². The number of hydrogen-bond donors (Lipinski definition) is 2. The van der Waals surface area contributed by atoms with E-state index in [1.807, 2.05) is 13.0 Å². The van der Waals surface area contributed by atoms with E-state index in [9.17, 15) is 9.59 Å². The van der Waals surface area contributed by atoms with Crippen LogP contribution >= 0.6 is 11.3 Å². The van der Waals surface area contributed by atoms with Crippen molar-refractivity contribution >= 4 is 40.6 Å². The molecule has 1 aliphatic rings. The number of nitrogens with one attached hydrogen (secondary N) is 2. The number of benzene rings is 2. The second-order valence-corrected chi connectivity index (χ2v) is 8.29. The van der Waals surface area contributed by atoms with E-state index in [0.717, 1.165) is 15.5 Å². The lowest BCUT2D eigenvalue weighted by molar-refractivity contribution is 0.0950. The number of rotatable bonds is 7. The molecule has 3 aromatic rings. The lowest BCUT2D eigenvalue weighted by Crippen LogP contribution is -2.22. The summed E-state index contributed by atoms with van der Waals surface area (Å²) in [5.41, 5.74) is 2.09. The third kappa shape index (κ3) is 5.05. The van der Waals surface area contributed by atoms with Crippen molar-refractivity contribution in [3.63, 3.8) is 0 Å². The van der Waals surface area contributed by atoms with E-state index in [1.165, 1.54) is 18.4 Å². The summed E-state index contributed by atoms with van der Waals surface area (Å²) < 4.78 is 10.8. The van der Waals surface area contributed by atoms with Crippen LogP contribution in [0.25, 0.3) is 5.57 Å². The van der Waals surface area contributed by atoms with E-state index < -0.39 is 0 Å². The van der Waals surface area contributed by atoms with Gasteiger partial charge in [-0.1, -0.05) is 18.2 Å². The van der Waals surface area contributed by atoms with Gasteiger partial charge in [0.05, 0.1) is 24.9 Å². The smallest absolute Gasteiger partial charge is 0.259 e. The maximum Gasteiger partial charge on any atom is 0.259 e. The van der Waals surface area contributed by atoms with Crippen molar-refractivity contribution in [1.29, 1.82) is 0 Å². The third-order valence-corrected chi connectivity index (χ3v) is 6.01. The molecule has 0 fully saturated rings. The number of fused-ring (bicyclic) bond motifs is 2. The summed E-state index contributed by atoms with van der Waals surface area (Å²) in [5.74, 6) is 0.668. The maximum atomic E-state index is 12.8. The molecule has 0 bridgehead atoms. The van der Waals surface area contributed by atoms with E-state index in [0.29, 0.717) is 40.7 Å². The molecule has 2 N–H and O–H groups in total. The molecule has 172 valence electrons. The molecule has 0 radical (unpaired) electrons. The highest BCUT2D eigenvalue weighted by atomic mass is 32.1. The molecule has 0 spiro atoms.